The minimum absolute atomic E-state index is 0.197. The summed E-state index contributed by atoms with van der Waals surface area (Å²) >= 11 is 0. The monoisotopic (exact) mass is 463 g/mol. The lowest BCUT2D eigenvalue weighted by Gasteiger charge is -2.25. The lowest BCUT2D eigenvalue weighted by atomic mass is 9.86. The van der Waals surface area contributed by atoms with E-state index in [4.69, 9.17) is 5.41 Å². The fourth-order valence-electron chi connectivity index (χ4n) is 5.62. The quantitative estimate of drug-likeness (QED) is 0.516. The highest BCUT2D eigenvalue weighted by Gasteiger charge is 2.71. The molecule has 3 aromatic rings. The molecule has 0 aromatic heterocycles. The second kappa shape index (κ2) is 7.78. The van der Waals surface area contributed by atoms with Crippen molar-refractivity contribution in [3.8, 4) is 0 Å². The molecular weight excluding hydrogens is 437 g/mol. The highest BCUT2D eigenvalue weighted by molar-refractivity contribution is 7.88. The Hall–Kier alpha value is -3.03. The Morgan fingerprint density at radius 1 is 1.12 bits per heavy atom. The van der Waals surface area contributed by atoms with E-state index in [0.29, 0.717) is 18.7 Å². The van der Waals surface area contributed by atoms with Crippen molar-refractivity contribution in [1.29, 1.82) is 5.41 Å². The largest absolute Gasteiger partial charge is 0.355 e. The number of hydrogen-bond donors (Lipinski definition) is 2. The minimum atomic E-state index is -3.29. The van der Waals surface area contributed by atoms with Gasteiger partial charge >= 0.3 is 0 Å². The van der Waals surface area contributed by atoms with E-state index in [9.17, 15) is 12.8 Å². The molecule has 1 saturated heterocycles. The third kappa shape index (κ3) is 3.65. The van der Waals surface area contributed by atoms with E-state index < -0.39 is 10.0 Å². The zero-order chi connectivity index (χ0) is 23.4. The molecule has 2 aliphatic rings. The van der Waals surface area contributed by atoms with Gasteiger partial charge in [-0.1, -0.05) is 30.3 Å². The molecule has 0 radical (unpaired) electrons. The van der Waals surface area contributed by atoms with Crippen molar-refractivity contribution in [3.63, 3.8) is 0 Å². The summed E-state index contributed by atoms with van der Waals surface area (Å²) in [5.41, 5.74) is 5.27. The Labute approximate surface area is 193 Å². The van der Waals surface area contributed by atoms with Crippen molar-refractivity contribution in [2.75, 3.05) is 24.7 Å². The number of anilines is 2. The average molecular weight is 464 g/mol. The molecule has 1 aliphatic carbocycles. The van der Waals surface area contributed by atoms with Gasteiger partial charge in [-0.3, -0.25) is 0 Å². The van der Waals surface area contributed by atoms with Gasteiger partial charge in [0.05, 0.1) is 6.26 Å². The van der Waals surface area contributed by atoms with E-state index in [1.165, 1.54) is 30.2 Å². The van der Waals surface area contributed by atoms with Gasteiger partial charge in [0.25, 0.3) is 0 Å². The molecule has 5 rings (SSSR count). The van der Waals surface area contributed by atoms with Crippen molar-refractivity contribution in [2.45, 2.75) is 18.3 Å². The first-order valence-electron chi connectivity index (χ1n) is 10.9. The maximum atomic E-state index is 13.3. The Balaban J connectivity index is 1.57. The van der Waals surface area contributed by atoms with Crippen LogP contribution < -0.4 is 5.32 Å². The van der Waals surface area contributed by atoms with Crippen molar-refractivity contribution in [2.24, 2.45) is 5.92 Å². The fourth-order valence-corrected chi connectivity index (χ4v) is 6.50. The molecule has 2 fully saturated rings. The summed E-state index contributed by atoms with van der Waals surface area (Å²) in [6, 6.07) is 20.4. The van der Waals surface area contributed by atoms with Crippen LogP contribution in [0.5, 0.6) is 0 Å². The summed E-state index contributed by atoms with van der Waals surface area (Å²) < 4.78 is 39.6. The molecule has 0 bridgehead atoms. The summed E-state index contributed by atoms with van der Waals surface area (Å²) in [6.07, 6.45) is 2.58. The lowest BCUT2D eigenvalue weighted by molar-refractivity contribution is 0.425. The van der Waals surface area contributed by atoms with Gasteiger partial charge in [0.15, 0.2) is 0 Å². The molecule has 0 amide bonds. The Morgan fingerprint density at radius 3 is 2.45 bits per heavy atom. The van der Waals surface area contributed by atoms with Crippen LogP contribution in [0, 0.1) is 24.1 Å². The molecule has 1 saturated carbocycles. The third-order valence-corrected chi connectivity index (χ3v) is 8.37. The Bertz CT molecular complexity index is 1330. The van der Waals surface area contributed by atoms with Gasteiger partial charge < -0.3 is 10.7 Å². The summed E-state index contributed by atoms with van der Waals surface area (Å²) in [4.78, 5) is 0. The van der Waals surface area contributed by atoms with Crippen LogP contribution in [0.15, 0.2) is 66.7 Å². The number of nitrogens with zero attached hydrogens (tertiary/aromatic N) is 1. The highest BCUT2D eigenvalue weighted by Crippen LogP contribution is 2.70. The Kier molecular flexibility index (Phi) is 5.14. The average Bonchev–Trinajstić information content (AvgIpc) is 3.23. The molecule has 170 valence electrons. The predicted molar refractivity (Wildman–Crippen MR) is 130 cm³/mol. The molecular formula is C26H26FN3O2S. The maximum absolute atomic E-state index is 13.3. The van der Waals surface area contributed by atoms with Gasteiger partial charge in [0.1, 0.15) is 5.82 Å². The van der Waals surface area contributed by atoms with Gasteiger partial charge in [0.2, 0.25) is 10.0 Å². The second-order valence-electron chi connectivity index (χ2n) is 9.12. The van der Waals surface area contributed by atoms with Crippen molar-refractivity contribution >= 4 is 27.6 Å². The number of aryl methyl sites for hydroxylation is 1. The van der Waals surface area contributed by atoms with E-state index in [1.54, 1.807) is 16.4 Å². The summed E-state index contributed by atoms with van der Waals surface area (Å²) in [7, 11) is -3.29. The van der Waals surface area contributed by atoms with Gasteiger partial charge in [-0.2, -0.15) is 0 Å². The van der Waals surface area contributed by atoms with Crippen molar-refractivity contribution < 1.29 is 12.8 Å². The highest BCUT2D eigenvalue weighted by atomic mass is 32.2. The first-order valence-corrected chi connectivity index (χ1v) is 12.8. The van der Waals surface area contributed by atoms with Crippen molar-refractivity contribution in [1.82, 2.24) is 4.31 Å². The number of halogens is 1. The first-order chi connectivity index (χ1) is 15.7. The zero-order valence-electron chi connectivity index (χ0n) is 18.5. The van der Waals surface area contributed by atoms with Gasteiger partial charge in [-0.25, -0.2) is 17.1 Å². The third-order valence-electron chi connectivity index (χ3n) is 7.15. The van der Waals surface area contributed by atoms with Gasteiger partial charge in [0, 0.05) is 47.6 Å². The normalized spacial score (nSPS) is 24.3. The SMILES string of the molecule is Cc1cc(Nc2ccc(F)cc2)c(C=N)cc1[C@@]12CN(S(C)(=O)=O)C[C@@H]1[C@H]2c1ccccc1. The summed E-state index contributed by atoms with van der Waals surface area (Å²) in [5, 5.41) is 11.3. The van der Waals surface area contributed by atoms with Crippen LogP contribution in [0.2, 0.25) is 0 Å². The van der Waals surface area contributed by atoms with E-state index in [0.717, 1.165) is 22.5 Å². The van der Waals surface area contributed by atoms with E-state index >= 15 is 0 Å². The van der Waals surface area contributed by atoms with E-state index in [1.807, 2.05) is 37.3 Å². The van der Waals surface area contributed by atoms with Crippen LogP contribution in [-0.2, 0) is 15.4 Å². The second-order valence-corrected chi connectivity index (χ2v) is 11.1. The van der Waals surface area contributed by atoms with Crippen LogP contribution >= 0.6 is 0 Å². The summed E-state index contributed by atoms with van der Waals surface area (Å²) in [6.45, 7) is 2.99. The minimum Gasteiger partial charge on any atom is -0.355 e. The smallest absolute Gasteiger partial charge is 0.211 e. The van der Waals surface area contributed by atoms with Crippen molar-refractivity contribution in [3.05, 3.63) is 94.8 Å². The van der Waals surface area contributed by atoms with Gasteiger partial charge in [-0.15, -0.1) is 0 Å². The standard InChI is InChI=1S/C26H26FN3O2S/c1-17-12-24(29-21-10-8-20(27)9-11-21)19(14-28)13-22(17)26-16-30(33(2,31)32)15-23(26)25(26)18-6-4-3-5-7-18/h3-14,23,25,28-29H,15-16H2,1-2H3/t23-,25-,26+/m1/s1. The molecule has 3 aromatic carbocycles. The number of hydrogen-bond acceptors (Lipinski definition) is 4. The zero-order valence-corrected chi connectivity index (χ0v) is 19.4. The lowest BCUT2D eigenvalue weighted by Crippen LogP contribution is -2.33. The number of benzene rings is 3. The van der Waals surface area contributed by atoms with Crippen LogP contribution in [0.3, 0.4) is 0 Å². The van der Waals surface area contributed by atoms with E-state index in [-0.39, 0.29) is 23.1 Å². The fraction of sp³-hybridized carbons (Fsp3) is 0.269. The molecule has 7 heteroatoms. The van der Waals surface area contributed by atoms with Crippen LogP contribution in [-0.4, -0.2) is 38.3 Å². The number of nitrogens with one attached hydrogen (secondary N) is 2. The van der Waals surface area contributed by atoms with Crippen LogP contribution in [0.25, 0.3) is 0 Å². The van der Waals surface area contributed by atoms with Crippen LogP contribution in [0.4, 0.5) is 15.8 Å². The predicted octanol–water partition coefficient (Wildman–Crippen LogP) is 4.80. The molecule has 3 atom stereocenters. The van der Waals surface area contributed by atoms with Crippen LogP contribution in [0.1, 0.15) is 28.2 Å². The molecule has 0 unspecified atom stereocenters. The van der Waals surface area contributed by atoms with Gasteiger partial charge in [-0.05, 0) is 65.9 Å². The Morgan fingerprint density at radius 2 is 1.82 bits per heavy atom. The number of fused-ring (bicyclic) bond motifs is 1. The topological polar surface area (TPSA) is 73.3 Å². The molecule has 0 spiro atoms. The molecule has 1 aliphatic heterocycles. The maximum Gasteiger partial charge on any atom is 0.211 e. The van der Waals surface area contributed by atoms with E-state index in [2.05, 4.69) is 17.4 Å². The number of rotatable bonds is 6. The molecule has 33 heavy (non-hydrogen) atoms. The molecule has 1 heterocycles. The molecule has 5 nitrogen and oxygen atoms in total. The number of sulfonamides is 1. The molecule has 2 N–H and O–H groups in total. The number of piperidine rings is 1. The first kappa shape index (κ1) is 21.8. The summed E-state index contributed by atoms with van der Waals surface area (Å²) in [5.74, 6) is 0.134.